The molecule has 4 aromatic heterocycles. The monoisotopic (exact) mass is 1450 g/mol. The van der Waals surface area contributed by atoms with Gasteiger partial charge in [-0.25, -0.2) is 4.98 Å². The average Bonchev–Trinajstić information content (AvgIpc) is 1.43. The van der Waals surface area contributed by atoms with Gasteiger partial charge in [-0.1, -0.05) is 154 Å². The predicted molar refractivity (Wildman–Crippen MR) is 404 cm³/mol. The van der Waals surface area contributed by atoms with Crippen molar-refractivity contribution in [3.8, 4) is 22.3 Å². The fourth-order valence-corrected chi connectivity index (χ4v) is 17.8. The van der Waals surface area contributed by atoms with Crippen molar-refractivity contribution in [1.82, 2.24) is 28.2 Å². The molecule has 16 nitrogen and oxygen atoms in total. The number of aromatic nitrogens is 6. The maximum absolute atomic E-state index is 13.0. The number of ether oxygens (including phenoxy) is 3. The number of ketones is 1. The molecule has 0 bridgehead atoms. The van der Waals surface area contributed by atoms with Crippen molar-refractivity contribution in [1.29, 1.82) is 0 Å². The number of carbonyl (C=O) groups excluding carboxylic acids is 1. The second-order valence-corrected chi connectivity index (χ2v) is 32.5. The molecule has 99 heavy (non-hydrogen) atoms. The van der Waals surface area contributed by atoms with E-state index < -0.39 is 21.2 Å². The first kappa shape index (κ1) is 81.8. The number of hydrogen-bond acceptors (Lipinski definition) is 12. The molecule has 1 saturated heterocycles. The largest absolute Gasteiger partial charge is 1.00 e. The van der Waals surface area contributed by atoms with Crippen LogP contribution in [0.4, 0.5) is 0 Å². The number of benzene rings is 6. The fourth-order valence-electron chi connectivity index (χ4n) is 12.3. The third kappa shape index (κ3) is 19.9. The molecule has 11 rings (SSSR count). The maximum Gasteiger partial charge on any atom is 1.00 e. The van der Waals surface area contributed by atoms with Gasteiger partial charge in [-0.15, -0.1) is 0 Å². The van der Waals surface area contributed by atoms with Crippen LogP contribution in [0, 0.1) is 6.20 Å². The quantitative estimate of drug-likeness (QED) is 0.0178. The van der Waals surface area contributed by atoms with E-state index in [1.807, 2.05) is 95.7 Å². The van der Waals surface area contributed by atoms with Crippen LogP contribution in [-0.4, -0.2) is 87.8 Å². The van der Waals surface area contributed by atoms with Gasteiger partial charge in [0.25, 0.3) is 11.1 Å². The average molecular weight is 1450 g/mol. The Balaban J connectivity index is 0.000000249. The Morgan fingerprint density at radius 2 is 1.22 bits per heavy atom. The van der Waals surface area contributed by atoms with Gasteiger partial charge < -0.3 is 52.2 Å². The number of hydrogen-bond donors (Lipinski definition) is 1. The summed E-state index contributed by atoms with van der Waals surface area (Å²) >= 11 is 24.7. The summed E-state index contributed by atoms with van der Waals surface area (Å²) in [5.41, 5.74) is 15.5. The van der Waals surface area contributed by atoms with E-state index in [4.69, 9.17) is 75.4 Å². The Morgan fingerprint density at radius 1 is 0.677 bits per heavy atom. The van der Waals surface area contributed by atoms with E-state index in [0.29, 0.717) is 50.8 Å². The molecule has 0 saturated carbocycles. The van der Waals surface area contributed by atoms with E-state index in [1.165, 1.54) is 36.4 Å². The Bertz CT molecular complexity index is 4430. The summed E-state index contributed by atoms with van der Waals surface area (Å²) < 4.78 is 48.0. The van der Waals surface area contributed by atoms with Crippen LogP contribution in [0.2, 0.25) is 38.2 Å². The number of carbonyl (C=O) groups is 1. The van der Waals surface area contributed by atoms with Crippen LogP contribution < -0.4 is 41.2 Å². The van der Waals surface area contributed by atoms with E-state index in [-0.39, 0.29) is 76.5 Å². The van der Waals surface area contributed by atoms with Gasteiger partial charge in [-0.3, -0.25) is 18.9 Å². The molecule has 522 valence electrons. The number of imidazole rings is 2. The van der Waals surface area contributed by atoms with E-state index in [0.717, 1.165) is 93.5 Å². The van der Waals surface area contributed by atoms with Crippen molar-refractivity contribution in [2.24, 2.45) is 19.8 Å². The molecule has 10 aromatic rings. The van der Waals surface area contributed by atoms with Gasteiger partial charge in [0.05, 0.1) is 49.1 Å². The molecule has 0 spiro atoms. The summed E-state index contributed by atoms with van der Waals surface area (Å²) in [5.74, 6) is -0.107. The van der Waals surface area contributed by atoms with E-state index in [9.17, 15) is 18.9 Å². The van der Waals surface area contributed by atoms with Crippen LogP contribution in [0.3, 0.4) is 0 Å². The zero-order valence-electron chi connectivity index (χ0n) is 56.4. The van der Waals surface area contributed by atoms with Gasteiger partial charge in [-0.2, -0.15) is 6.20 Å². The van der Waals surface area contributed by atoms with Crippen LogP contribution in [0.15, 0.2) is 174 Å². The zero-order chi connectivity index (χ0) is 68.6. The molecule has 6 aromatic carbocycles. The SMILES string of the molecule is C.C.CCOP(=O)(COCCCn1cncc1[C@@](N)(c1ccc(Cl)cc1)c1ccc2c(c1)c(-c1cccc(Cl)c1)cc(=O)n2C)OCC.CC[Si](CC)(CC)c1nc[c-]n1CCCOC1CCCCO1.Cn1c(=O)cc(-c2cccc(Cl)c2)c2cc(C(=O)c3ccc(Cl)cc3)ccc21.[Li+]. The Morgan fingerprint density at radius 3 is 1.78 bits per heavy atom. The summed E-state index contributed by atoms with van der Waals surface area (Å²) in [6, 6.07) is 47.2. The summed E-state index contributed by atoms with van der Waals surface area (Å²) in [5, 5.41) is 3.98. The third-order valence-corrected chi connectivity index (χ3v) is 25.9. The zero-order valence-corrected chi connectivity index (χ0v) is 61.3. The molecule has 1 aliphatic heterocycles. The van der Waals surface area contributed by atoms with Gasteiger partial charge in [0.15, 0.2) is 12.1 Å². The minimum atomic E-state index is -3.30. The van der Waals surface area contributed by atoms with Crippen molar-refractivity contribution in [3.05, 3.63) is 239 Å². The van der Waals surface area contributed by atoms with Gasteiger partial charge in [-0.05, 0) is 177 Å². The molecule has 5 heterocycles. The number of nitrogens with two attached hydrogens (primary N) is 1. The second-order valence-electron chi connectivity index (χ2n) is 23.6. The molecule has 23 heteroatoms. The molecule has 0 amide bonds. The van der Waals surface area contributed by atoms with E-state index in [1.54, 1.807) is 110 Å². The standard InChI is InChI=1S/C34H37Cl2N4O5P.C23H15Cl2NO2.C17H31N2O2Si.2CH4.Li/c1-4-44-46(42,45-5-2)23-43-17-7-16-40-22-38-21-32(40)34(37,25-10-13-27(35)14-11-25)26-12-15-31-30(19-26)29(20-33(41)39(31)3)24-8-6-9-28(36)18-24;1-26-21-10-7-16(23(28)14-5-8-17(24)9-6-14)12-20(21)19(13-22(26)27)15-3-2-4-18(25)11-15;1-4-22(5-2,6-3)17-18-11-13-19(17)12-9-15-21-16-10-7-8-14-20-16;;;/h6,8-15,18-22H,4-5,7,16-17,23,37H2,1-3H3;2-13H,1H3;11,16H,4-10,12,14-15H2,1-3H3;2*1H4;/q;;-1;;;+1/t34-;;;;;/m1...../s1. The molecule has 2 atom stereocenters. The van der Waals surface area contributed by atoms with Gasteiger partial charge >= 0.3 is 26.5 Å². The smallest absolute Gasteiger partial charge is 0.500 e. The Hall–Kier alpha value is -6.21. The number of nitrogens with zero attached hydrogens (tertiary/aromatic N) is 6. The fraction of sp³-hybridized carbons (Fsp3) is 0.355. The molecular formula is C76H91Cl4LiN7O9PSi. The van der Waals surface area contributed by atoms with Crippen LogP contribution >= 0.6 is 54.0 Å². The summed E-state index contributed by atoms with van der Waals surface area (Å²) in [4.78, 5) is 47.5. The summed E-state index contributed by atoms with van der Waals surface area (Å²) in [6.45, 7) is 14.5. The first-order valence-corrected chi connectivity index (χ1v) is 38.4. The van der Waals surface area contributed by atoms with Crippen molar-refractivity contribution >= 4 is 95.1 Å². The predicted octanol–water partition coefficient (Wildman–Crippen LogP) is 14.9. The van der Waals surface area contributed by atoms with Crippen LogP contribution in [0.1, 0.15) is 114 Å². The van der Waals surface area contributed by atoms with Crippen LogP contribution in [0.25, 0.3) is 44.1 Å². The van der Waals surface area contributed by atoms with Crippen molar-refractivity contribution in [2.75, 3.05) is 39.4 Å². The molecule has 1 fully saturated rings. The minimum Gasteiger partial charge on any atom is -0.500 e. The number of halogens is 4. The van der Waals surface area contributed by atoms with Gasteiger partial charge in [0.1, 0.15) is 11.9 Å². The number of rotatable bonds is 26. The third-order valence-electron chi connectivity index (χ3n) is 17.7. The topological polar surface area (TPSA) is 186 Å². The Kier molecular flexibility index (Phi) is 31.5. The number of pyridine rings is 2. The van der Waals surface area contributed by atoms with Crippen molar-refractivity contribution in [3.63, 3.8) is 0 Å². The van der Waals surface area contributed by atoms with Gasteiger partial charge in [0.2, 0.25) is 0 Å². The molecule has 1 aliphatic rings. The molecular weight excluding hydrogens is 1360 g/mol. The molecule has 0 radical (unpaired) electrons. The minimum absolute atomic E-state index is 0. The summed E-state index contributed by atoms with van der Waals surface area (Å²) in [6.07, 6.45) is 13.6. The second kappa shape index (κ2) is 38.2. The van der Waals surface area contributed by atoms with E-state index in [2.05, 4.69) is 41.5 Å². The number of aryl methyl sites for hydroxylation is 4. The van der Waals surface area contributed by atoms with Gasteiger partial charge in [0, 0.05) is 96.1 Å². The first-order chi connectivity index (χ1) is 46.3. The molecule has 1 unspecified atom stereocenters. The first-order valence-electron chi connectivity index (χ1n) is 32.6. The van der Waals surface area contributed by atoms with Crippen molar-refractivity contribution in [2.45, 2.75) is 125 Å². The number of fused-ring (bicyclic) bond motifs is 2. The van der Waals surface area contributed by atoms with E-state index >= 15 is 0 Å². The normalized spacial score (nSPS) is 13.6. The van der Waals surface area contributed by atoms with Crippen LogP contribution in [0.5, 0.6) is 0 Å². The molecule has 2 N–H and O–H groups in total. The van der Waals surface area contributed by atoms with Crippen molar-refractivity contribution < 1.29 is 51.5 Å². The Labute approximate surface area is 615 Å². The van der Waals surface area contributed by atoms with Crippen LogP contribution in [-0.2, 0) is 60.5 Å². The maximum atomic E-state index is 13.0. The summed E-state index contributed by atoms with van der Waals surface area (Å²) in [7, 11) is -1.26. The molecule has 0 aliphatic carbocycles.